The van der Waals surface area contributed by atoms with Gasteiger partial charge in [-0.1, -0.05) is 23.9 Å². The molecule has 1 fully saturated rings. The van der Waals surface area contributed by atoms with Crippen LogP contribution in [-0.2, 0) is 11.2 Å². The smallest absolute Gasteiger partial charge is 0.133 e. The van der Waals surface area contributed by atoms with Gasteiger partial charge < -0.3 is 15.4 Å². The summed E-state index contributed by atoms with van der Waals surface area (Å²) in [6.45, 7) is 5.54. The molecule has 0 spiro atoms. The van der Waals surface area contributed by atoms with E-state index in [0.29, 0.717) is 0 Å². The molecular weight excluding hydrogens is 368 g/mol. The van der Waals surface area contributed by atoms with Crippen molar-refractivity contribution >= 4 is 23.1 Å². The van der Waals surface area contributed by atoms with Crippen LogP contribution in [0.2, 0.25) is 0 Å². The van der Waals surface area contributed by atoms with Crippen LogP contribution in [0.4, 0.5) is 11.4 Å². The third-order valence-corrected chi connectivity index (χ3v) is 5.86. The lowest BCUT2D eigenvalue weighted by atomic mass is 10.1. The van der Waals surface area contributed by atoms with Crippen LogP contribution in [-0.4, -0.2) is 36.3 Å². The summed E-state index contributed by atoms with van der Waals surface area (Å²) in [5.41, 5.74) is 10.1. The molecule has 1 aliphatic rings. The van der Waals surface area contributed by atoms with Gasteiger partial charge in [-0.25, -0.2) is 9.97 Å². The Balaban J connectivity index is 1.46. The standard InChI is InChI=1S/C22H24N4OS/c1-16-15-24-21(25-22(16)28-20-8-4-18(23)5-9-20)14-17-2-6-19(7-3-17)26-10-12-27-13-11-26/h2-9,15H,10-14,23H2,1H3. The number of nitrogens with two attached hydrogens (primary N) is 1. The molecule has 0 amide bonds. The maximum Gasteiger partial charge on any atom is 0.133 e. The molecule has 2 heterocycles. The van der Waals surface area contributed by atoms with Gasteiger partial charge >= 0.3 is 0 Å². The van der Waals surface area contributed by atoms with Gasteiger partial charge in [0.25, 0.3) is 0 Å². The van der Waals surface area contributed by atoms with E-state index in [9.17, 15) is 0 Å². The molecule has 0 unspecified atom stereocenters. The second kappa shape index (κ2) is 8.63. The molecule has 0 atom stereocenters. The first-order valence-corrected chi connectivity index (χ1v) is 10.3. The highest BCUT2D eigenvalue weighted by Crippen LogP contribution is 2.29. The van der Waals surface area contributed by atoms with Crippen molar-refractivity contribution in [3.8, 4) is 0 Å². The third kappa shape index (κ3) is 4.64. The van der Waals surface area contributed by atoms with Crippen molar-refractivity contribution in [3.05, 3.63) is 71.7 Å². The molecule has 1 aliphatic heterocycles. The number of benzene rings is 2. The average molecular weight is 393 g/mol. The summed E-state index contributed by atoms with van der Waals surface area (Å²) in [6, 6.07) is 16.6. The number of aromatic nitrogens is 2. The Bertz CT molecular complexity index is 922. The van der Waals surface area contributed by atoms with Gasteiger partial charge in [-0.2, -0.15) is 0 Å². The fraction of sp³-hybridized carbons (Fsp3) is 0.273. The van der Waals surface area contributed by atoms with Gasteiger partial charge in [0.2, 0.25) is 0 Å². The van der Waals surface area contributed by atoms with E-state index in [1.54, 1.807) is 11.8 Å². The number of nitrogen functional groups attached to an aromatic ring is 1. The minimum atomic E-state index is 0.721. The van der Waals surface area contributed by atoms with Gasteiger partial charge in [0, 0.05) is 42.0 Å². The number of hydrogen-bond donors (Lipinski definition) is 1. The van der Waals surface area contributed by atoms with Crippen molar-refractivity contribution in [1.82, 2.24) is 9.97 Å². The van der Waals surface area contributed by atoms with Crippen LogP contribution in [0.5, 0.6) is 0 Å². The summed E-state index contributed by atoms with van der Waals surface area (Å²) >= 11 is 1.64. The van der Waals surface area contributed by atoms with Crippen LogP contribution in [0.3, 0.4) is 0 Å². The summed E-state index contributed by atoms with van der Waals surface area (Å²) in [5, 5.41) is 0.986. The lowest BCUT2D eigenvalue weighted by molar-refractivity contribution is 0.122. The van der Waals surface area contributed by atoms with Gasteiger partial charge in [0.1, 0.15) is 10.9 Å². The number of ether oxygens (including phenoxy) is 1. The van der Waals surface area contributed by atoms with E-state index >= 15 is 0 Å². The summed E-state index contributed by atoms with van der Waals surface area (Å²) < 4.78 is 5.43. The topological polar surface area (TPSA) is 64.3 Å². The zero-order chi connectivity index (χ0) is 19.3. The van der Waals surface area contributed by atoms with E-state index in [0.717, 1.165) is 59.7 Å². The van der Waals surface area contributed by atoms with Crippen LogP contribution < -0.4 is 10.6 Å². The first-order valence-electron chi connectivity index (χ1n) is 9.45. The Morgan fingerprint density at radius 3 is 2.46 bits per heavy atom. The Kier molecular flexibility index (Phi) is 5.78. The molecule has 1 aromatic heterocycles. The number of anilines is 2. The average Bonchev–Trinajstić information content (AvgIpc) is 2.73. The van der Waals surface area contributed by atoms with Crippen molar-refractivity contribution in [2.24, 2.45) is 0 Å². The molecule has 1 saturated heterocycles. The molecule has 2 aromatic carbocycles. The minimum absolute atomic E-state index is 0.721. The SMILES string of the molecule is Cc1cnc(Cc2ccc(N3CCOCC3)cc2)nc1Sc1ccc(N)cc1. The van der Waals surface area contributed by atoms with E-state index in [4.69, 9.17) is 15.5 Å². The van der Waals surface area contributed by atoms with Crippen molar-refractivity contribution in [3.63, 3.8) is 0 Å². The number of morpholine rings is 1. The quantitative estimate of drug-likeness (QED) is 0.524. The predicted octanol–water partition coefficient (Wildman–Crippen LogP) is 3.95. The molecule has 144 valence electrons. The van der Waals surface area contributed by atoms with Crippen LogP contribution in [0, 0.1) is 6.92 Å². The van der Waals surface area contributed by atoms with Crippen molar-refractivity contribution < 1.29 is 4.74 Å². The van der Waals surface area contributed by atoms with E-state index < -0.39 is 0 Å². The zero-order valence-electron chi connectivity index (χ0n) is 16.0. The number of nitrogens with zero attached hydrogens (tertiary/aromatic N) is 3. The first kappa shape index (κ1) is 18.8. The predicted molar refractivity (Wildman–Crippen MR) is 114 cm³/mol. The molecule has 3 aromatic rings. The fourth-order valence-electron chi connectivity index (χ4n) is 3.13. The first-order chi connectivity index (χ1) is 13.7. The normalized spacial score (nSPS) is 14.2. The molecular formula is C22H24N4OS. The van der Waals surface area contributed by atoms with E-state index in [-0.39, 0.29) is 0 Å². The largest absolute Gasteiger partial charge is 0.399 e. The molecule has 2 N–H and O–H groups in total. The van der Waals surface area contributed by atoms with Gasteiger partial charge in [-0.15, -0.1) is 0 Å². The van der Waals surface area contributed by atoms with Crippen LogP contribution >= 0.6 is 11.8 Å². The Morgan fingerprint density at radius 2 is 1.75 bits per heavy atom. The third-order valence-electron chi connectivity index (χ3n) is 4.74. The molecule has 5 nitrogen and oxygen atoms in total. The van der Waals surface area contributed by atoms with Gasteiger partial charge in [0.15, 0.2) is 0 Å². The number of aryl methyl sites for hydroxylation is 1. The van der Waals surface area contributed by atoms with Crippen molar-refractivity contribution in [1.29, 1.82) is 0 Å². The highest BCUT2D eigenvalue weighted by Gasteiger charge is 2.11. The van der Waals surface area contributed by atoms with Crippen molar-refractivity contribution in [2.45, 2.75) is 23.3 Å². The maximum atomic E-state index is 5.77. The molecule has 0 aliphatic carbocycles. The molecule has 0 radical (unpaired) electrons. The van der Waals surface area contributed by atoms with Crippen molar-refractivity contribution in [2.75, 3.05) is 36.9 Å². The van der Waals surface area contributed by atoms with Gasteiger partial charge in [-0.05, 0) is 54.4 Å². The summed E-state index contributed by atoms with van der Waals surface area (Å²) in [6.07, 6.45) is 2.63. The zero-order valence-corrected chi connectivity index (χ0v) is 16.8. The van der Waals surface area contributed by atoms with Crippen LogP contribution in [0.1, 0.15) is 17.0 Å². The second-order valence-corrected chi connectivity index (χ2v) is 7.95. The lowest BCUT2D eigenvalue weighted by Gasteiger charge is -2.28. The summed E-state index contributed by atoms with van der Waals surface area (Å²) in [5.74, 6) is 0.836. The minimum Gasteiger partial charge on any atom is -0.399 e. The Labute approximate surface area is 170 Å². The maximum absolute atomic E-state index is 5.77. The number of rotatable bonds is 5. The lowest BCUT2D eigenvalue weighted by Crippen LogP contribution is -2.36. The van der Waals surface area contributed by atoms with E-state index in [2.05, 4.69) is 34.1 Å². The summed E-state index contributed by atoms with van der Waals surface area (Å²) in [7, 11) is 0. The second-order valence-electron chi connectivity index (χ2n) is 6.89. The van der Waals surface area contributed by atoms with Crippen LogP contribution in [0.15, 0.2) is 64.6 Å². The van der Waals surface area contributed by atoms with E-state index in [1.807, 2.05) is 37.4 Å². The fourth-order valence-corrected chi connectivity index (χ4v) is 3.99. The van der Waals surface area contributed by atoms with Crippen LogP contribution in [0.25, 0.3) is 0 Å². The number of hydrogen-bond acceptors (Lipinski definition) is 6. The molecule has 28 heavy (non-hydrogen) atoms. The Hall–Kier alpha value is -2.57. The van der Waals surface area contributed by atoms with E-state index in [1.165, 1.54) is 11.3 Å². The molecule has 0 saturated carbocycles. The van der Waals surface area contributed by atoms with Gasteiger partial charge in [-0.3, -0.25) is 0 Å². The monoisotopic (exact) mass is 392 g/mol. The Morgan fingerprint density at radius 1 is 1.04 bits per heavy atom. The molecule has 4 rings (SSSR count). The van der Waals surface area contributed by atoms with Gasteiger partial charge in [0.05, 0.1) is 13.2 Å². The summed E-state index contributed by atoms with van der Waals surface area (Å²) in [4.78, 5) is 12.8. The highest BCUT2D eigenvalue weighted by atomic mass is 32.2. The molecule has 0 bridgehead atoms. The highest BCUT2D eigenvalue weighted by molar-refractivity contribution is 7.99. The molecule has 6 heteroatoms.